The number of carbonyl (C=O) groups is 1. The van der Waals surface area contributed by atoms with Gasteiger partial charge in [-0.05, 0) is 25.3 Å². The summed E-state index contributed by atoms with van der Waals surface area (Å²) < 4.78 is 5.17. The molecule has 8 heteroatoms. The summed E-state index contributed by atoms with van der Waals surface area (Å²) in [5.74, 6) is 1.77. The summed E-state index contributed by atoms with van der Waals surface area (Å²) in [6, 6.07) is 0. The van der Waals surface area contributed by atoms with Gasteiger partial charge in [-0.25, -0.2) is 19.5 Å². The highest BCUT2D eigenvalue weighted by atomic mass is 32.2. The molecular weight excluding hydrogens is 282 g/mol. The third kappa shape index (κ3) is 4.32. The Morgan fingerprint density at radius 1 is 1.25 bits per heavy atom. The first-order valence-electron chi connectivity index (χ1n) is 5.96. The maximum absolute atomic E-state index is 11.8. The molecule has 112 valence electrons. The van der Waals surface area contributed by atoms with Crippen molar-refractivity contribution in [3.63, 3.8) is 0 Å². The molecule has 1 aromatic heterocycles. The molecule has 0 aromatic carbocycles. The number of ether oxygens (including phenoxy) is 1. The number of thioether (sulfide) groups is 1. The number of hydrogen-bond donors (Lipinski definition) is 0. The van der Waals surface area contributed by atoms with Crippen molar-refractivity contribution in [1.82, 2.24) is 15.2 Å². The number of hydrogen-bond acceptors (Lipinski definition) is 7. The minimum Gasteiger partial charge on any atom is -0.388 e. The first kappa shape index (κ1) is 16.7. The van der Waals surface area contributed by atoms with E-state index in [1.807, 2.05) is 13.2 Å². The average molecular weight is 301 g/mol. The lowest BCUT2D eigenvalue weighted by atomic mass is 10.2. The molecule has 0 N–H and O–H groups in total. The molecule has 0 aliphatic heterocycles. The second-order valence-electron chi connectivity index (χ2n) is 3.89. The predicted molar refractivity (Wildman–Crippen MR) is 75.5 cm³/mol. The van der Waals surface area contributed by atoms with E-state index >= 15 is 0 Å². The van der Waals surface area contributed by atoms with Crippen LogP contribution in [0.4, 0.5) is 4.79 Å². The quantitative estimate of drug-likeness (QED) is 0.743. The van der Waals surface area contributed by atoms with Crippen molar-refractivity contribution < 1.29 is 19.2 Å². The van der Waals surface area contributed by atoms with Gasteiger partial charge in [-0.1, -0.05) is 0 Å². The third-order valence-corrected chi connectivity index (χ3v) is 3.20. The number of carbonyl (C=O) groups excluding carboxylic acids is 1. The molecule has 0 atom stereocenters. The molecule has 1 heterocycles. The molecule has 1 rings (SSSR count). The fraction of sp³-hybridized carbons (Fsp3) is 0.583. The van der Waals surface area contributed by atoms with Crippen molar-refractivity contribution in [1.29, 1.82) is 0 Å². The lowest BCUT2D eigenvalue weighted by Crippen LogP contribution is -2.32. The lowest BCUT2D eigenvalue weighted by molar-refractivity contribution is -0.305. The van der Waals surface area contributed by atoms with E-state index < -0.39 is 6.09 Å². The molecule has 0 aliphatic rings. The van der Waals surface area contributed by atoms with Gasteiger partial charge in [-0.15, -0.1) is 0 Å². The van der Waals surface area contributed by atoms with Gasteiger partial charge in [-0.2, -0.15) is 16.7 Å². The number of aryl methyl sites for hydroxylation is 2. The standard InChI is InChI=1S/C12H19N3O4S/c1-8-9(2)13-10(6-7-20-5)14-11(8)19-12(16)15(17-3)18-4/h6-7H2,1-5H3. The van der Waals surface area contributed by atoms with Gasteiger partial charge in [0, 0.05) is 23.4 Å². The van der Waals surface area contributed by atoms with Gasteiger partial charge < -0.3 is 4.74 Å². The number of rotatable bonds is 6. The van der Waals surface area contributed by atoms with Gasteiger partial charge in [0.1, 0.15) is 5.82 Å². The van der Waals surface area contributed by atoms with Gasteiger partial charge in [0.25, 0.3) is 0 Å². The Hall–Kier alpha value is -1.38. The SMILES string of the molecule is CON(OC)C(=O)Oc1nc(CCSC)nc(C)c1C. The first-order chi connectivity index (χ1) is 9.53. The van der Waals surface area contributed by atoms with Crippen molar-refractivity contribution in [3.05, 3.63) is 17.1 Å². The number of hydroxylamine groups is 2. The fourth-order valence-electron chi connectivity index (χ4n) is 1.41. The molecule has 20 heavy (non-hydrogen) atoms. The second-order valence-corrected chi connectivity index (χ2v) is 4.87. The van der Waals surface area contributed by atoms with E-state index in [0.717, 1.165) is 11.4 Å². The molecule has 0 saturated heterocycles. The van der Waals surface area contributed by atoms with Crippen LogP contribution >= 0.6 is 11.8 Å². The van der Waals surface area contributed by atoms with E-state index in [1.165, 1.54) is 14.2 Å². The van der Waals surface area contributed by atoms with Crippen LogP contribution in [0.2, 0.25) is 0 Å². The van der Waals surface area contributed by atoms with Crippen LogP contribution < -0.4 is 4.74 Å². The van der Waals surface area contributed by atoms with E-state index in [2.05, 4.69) is 19.6 Å². The molecule has 0 fully saturated rings. The van der Waals surface area contributed by atoms with Crippen LogP contribution in [0.5, 0.6) is 5.88 Å². The Labute approximate surface area is 122 Å². The molecule has 1 amide bonds. The summed E-state index contributed by atoms with van der Waals surface area (Å²) in [6.07, 6.45) is 1.93. The molecular formula is C12H19N3O4S. The third-order valence-electron chi connectivity index (χ3n) is 2.59. The van der Waals surface area contributed by atoms with Crippen LogP contribution in [0.3, 0.4) is 0 Å². The van der Waals surface area contributed by atoms with E-state index in [9.17, 15) is 4.79 Å². The molecule has 0 aliphatic carbocycles. The topological polar surface area (TPSA) is 73.8 Å². The van der Waals surface area contributed by atoms with Gasteiger partial charge in [0.2, 0.25) is 5.88 Å². The minimum atomic E-state index is -0.799. The van der Waals surface area contributed by atoms with Crippen LogP contribution in [0.25, 0.3) is 0 Å². The zero-order valence-electron chi connectivity index (χ0n) is 12.3. The summed E-state index contributed by atoms with van der Waals surface area (Å²) in [4.78, 5) is 29.8. The Bertz CT molecular complexity index is 466. The fourth-order valence-corrected chi connectivity index (χ4v) is 1.79. The van der Waals surface area contributed by atoms with Crippen molar-refractivity contribution in [2.75, 3.05) is 26.2 Å². The molecule has 0 bridgehead atoms. The van der Waals surface area contributed by atoms with Crippen molar-refractivity contribution >= 4 is 17.9 Å². The Balaban J connectivity index is 2.93. The molecule has 0 unspecified atom stereocenters. The zero-order valence-corrected chi connectivity index (χ0v) is 13.1. The highest BCUT2D eigenvalue weighted by Crippen LogP contribution is 2.19. The summed E-state index contributed by atoms with van der Waals surface area (Å²) in [5.41, 5.74) is 1.48. The smallest absolute Gasteiger partial charge is 0.388 e. The second kappa shape index (κ2) is 8.03. The van der Waals surface area contributed by atoms with Crippen molar-refractivity contribution in [3.8, 4) is 5.88 Å². The van der Waals surface area contributed by atoms with E-state index in [0.29, 0.717) is 23.0 Å². The van der Waals surface area contributed by atoms with E-state index in [-0.39, 0.29) is 5.88 Å². The maximum Gasteiger partial charge on any atom is 0.466 e. The molecule has 1 aromatic rings. The molecule has 0 spiro atoms. The van der Waals surface area contributed by atoms with Crippen LogP contribution in [-0.2, 0) is 16.1 Å². The number of nitrogens with zero attached hydrogens (tertiary/aromatic N) is 3. The van der Waals surface area contributed by atoms with Gasteiger partial charge in [0.15, 0.2) is 0 Å². The van der Waals surface area contributed by atoms with E-state index in [1.54, 1.807) is 18.7 Å². The van der Waals surface area contributed by atoms with E-state index in [4.69, 9.17) is 4.74 Å². The molecule has 0 radical (unpaired) electrons. The molecule has 0 saturated carbocycles. The van der Waals surface area contributed by atoms with Crippen LogP contribution in [-0.4, -0.2) is 47.5 Å². The largest absolute Gasteiger partial charge is 0.466 e. The first-order valence-corrected chi connectivity index (χ1v) is 7.36. The van der Waals surface area contributed by atoms with Crippen LogP contribution in [0.15, 0.2) is 0 Å². The Morgan fingerprint density at radius 2 is 1.90 bits per heavy atom. The minimum absolute atomic E-state index is 0.220. The number of aromatic nitrogens is 2. The maximum atomic E-state index is 11.8. The van der Waals surface area contributed by atoms with Gasteiger partial charge in [0.05, 0.1) is 14.2 Å². The van der Waals surface area contributed by atoms with Gasteiger partial charge >= 0.3 is 6.09 Å². The summed E-state index contributed by atoms with van der Waals surface area (Å²) in [7, 11) is 2.60. The van der Waals surface area contributed by atoms with Crippen LogP contribution in [0, 0.1) is 13.8 Å². The molecule has 7 nitrogen and oxygen atoms in total. The normalized spacial score (nSPS) is 10.4. The predicted octanol–water partition coefficient (Wildman–Crippen LogP) is 1.92. The van der Waals surface area contributed by atoms with Gasteiger partial charge in [-0.3, -0.25) is 0 Å². The highest BCUT2D eigenvalue weighted by molar-refractivity contribution is 7.98. The van der Waals surface area contributed by atoms with Crippen molar-refractivity contribution in [2.24, 2.45) is 0 Å². The Kier molecular flexibility index (Phi) is 6.69. The lowest BCUT2D eigenvalue weighted by Gasteiger charge is -2.16. The van der Waals surface area contributed by atoms with Crippen molar-refractivity contribution in [2.45, 2.75) is 20.3 Å². The monoisotopic (exact) mass is 301 g/mol. The Morgan fingerprint density at radius 3 is 2.45 bits per heavy atom. The summed E-state index contributed by atoms with van der Waals surface area (Å²) >= 11 is 1.70. The van der Waals surface area contributed by atoms with Crippen LogP contribution in [0.1, 0.15) is 17.1 Å². The zero-order chi connectivity index (χ0) is 15.1. The summed E-state index contributed by atoms with van der Waals surface area (Å²) in [5, 5.41) is 0.623. The number of amides is 1. The highest BCUT2D eigenvalue weighted by Gasteiger charge is 2.19. The summed E-state index contributed by atoms with van der Waals surface area (Å²) in [6.45, 7) is 3.64. The average Bonchev–Trinajstić information content (AvgIpc) is 2.43.